The number of hydrogen-bond acceptors (Lipinski definition) is 6. The molecule has 2 aromatic carbocycles. The van der Waals surface area contributed by atoms with Crippen molar-refractivity contribution in [2.24, 2.45) is 0 Å². The SMILES string of the molecule is COc1ccc(CN2CCN(Cc3nc4ccc(Cl)cc4c(=O)[nH]3)CC2)cc1OC. The van der Waals surface area contributed by atoms with E-state index in [0.717, 1.165) is 44.2 Å². The van der Waals surface area contributed by atoms with Crippen LogP contribution >= 0.6 is 11.6 Å². The lowest BCUT2D eigenvalue weighted by Gasteiger charge is -2.34. The predicted octanol–water partition coefficient (Wildman–Crippen LogP) is 2.91. The van der Waals surface area contributed by atoms with Gasteiger partial charge >= 0.3 is 0 Å². The molecule has 0 bridgehead atoms. The van der Waals surface area contributed by atoms with Gasteiger partial charge in [-0.2, -0.15) is 0 Å². The summed E-state index contributed by atoms with van der Waals surface area (Å²) in [5.41, 5.74) is 1.72. The lowest BCUT2D eigenvalue weighted by atomic mass is 10.1. The normalized spacial score (nSPS) is 15.4. The van der Waals surface area contributed by atoms with Gasteiger partial charge in [-0.3, -0.25) is 14.6 Å². The summed E-state index contributed by atoms with van der Waals surface area (Å²) in [5.74, 6) is 2.18. The summed E-state index contributed by atoms with van der Waals surface area (Å²) in [6, 6.07) is 11.2. The molecule has 1 N–H and O–H groups in total. The van der Waals surface area contributed by atoms with Crippen molar-refractivity contribution in [3.63, 3.8) is 0 Å². The molecule has 0 spiro atoms. The lowest BCUT2D eigenvalue weighted by molar-refractivity contribution is 0.120. The van der Waals surface area contributed by atoms with Crippen LogP contribution in [0.15, 0.2) is 41.2 Å². The molecule has 0 radical (unpaired) electrons. The molecule has 4 rings (SSSR count). The second-order valence-electron chi connectivity index (χ2n) is 7.42. The zero-order valence-electron chi connectivity index (χ0n) is 17.2. The number of halogens is 1. The standard InChI is InChI=1S/C22H25ClN4O3/c1-29-19-6-3-15(11-20(19)30-2)13-26-7-9-27(10-8-26)14-21-24-18-5-4-16(23)12-17(18)22(28)25-21/h3-6,11-12H,7-10,13-14H2,1-2H3,(H,24,25,28). The van der Waals surface area contributed by atoms with Crippen LogP contribution in [0.2, 0.25) is 5.02 Å². The Labute approximate surface area is 180 Å². The number of methoxy groups -OCH3 is 2. The lowest BCUT2D eigenvalue weighted by Crippen LogP contribution is -2.45. The molecule has 2 heterocycles. The molecule has 0 unspecified atom stereocenters. The van der Waals surface area contributed by atoms with E-state index < -0.39 is 0 Å². The van der Waals surface area contributed by atoms with Gasteiger partial charge < -0.3 is 14.5 Å². The average Bonchev–Trinajstić information content (AvgIpc) is 2.75. The second-order valence-corrected chi connectivity index (χ2v) is 7.85. The van der Waals surface area contributed by atoms with E-state index in [1.54, 1.807) is 32.4 Å². The highest BCUT2D eigenvalue weighted by Gasteiger charge is 2.19. The minimum Gasteiger partial charge on any atom is -0.493 e. The van der Waals surface area contributed by atoms with Crippen LogP contribution in [0.4, 0.5) is 0 Å². The molecular formula is C22H25ClN4O3. The van der Waals surface area contributed by atoms with Crippen molar-refractivity contribution in [3.8, 4) is 11.5 Å². The van der Waals surface area contributed by atoms with Crippen LogP contribution in [0, 0.1) is 0 Å². The van der Waals surface area contributed by atoms with Crippen LogP contribution < -0.4 is 15.0 Å². The van der Waals surface area contributed by atoms with Crippen LogP contribution in [0.25, 0.3) is 10.9 Å². The molecule has 0 atom stereocenters. The average molecular weight is 429 g/mol. The van der Waals surface area contributed by atoms with Crippen molar-refractivity contribution in [3.05, 3.63) is 63.2 Å². The van der Waals surface area contributed by atoms with Crippen molar-refractivity contribution in [2.45, 2.75) is 13.1 Å². The van der Waals surface area contributed by atoms with E-state index in [4.69, 9.17) is 21.1 Å². The van der Waals surface area contributed by atoms with Crippen molar-refractivity contribution >= 4 is 22.5 Å². The maximum Gasteiger partial charge on any atom is 0.258 e. The first-order valence-corrected chi connectivity index (χ1v) is 10.3. The van der Waals surface area contributed by atoms with Gasteiger partial charge in [-0.25, -0.2) is 4.98 Å². The van der Waals surface area contributed by atoms with Crippen molar-refractivity contribution in [1.29, 1.82) is 0 Å². The van der Waals surface area contributed by atoms with Crippen LogP contribution in [-0.2, 0) is 13.1 Å². The number of ether oxygens (including phenoxy) is 2. The summed E-state index contributed by atoms with van der Waals surface area (Å²) in [6.45, 7) is 5.20. The highest BCUT2D eigenvalue weighted by atomic mass is 35.5. The van der Waals surface area contributed by atoms with Crippen LogP contribution in [0.1, 0.15) is 11.4 Å². The number of nitrogens with zero attached hydrogens (tertiary/aromatic N) is 3. The number of aromatic amines is 1. The van der Waals surface area contributed by atoms with Gasteiger partial charge in [0.25, 0.3) is 5.56 Å². The van der Waals surface area contributed by atoms with Gasteiger partial charge in [0.2, 0.25) is 0 Å². The fourth-order valence-corrected chi connectivity index (χ4v) is 3.96. The number of benzene rings is 2. The second kappa shape index (κ2) is 9.04. The Morgan fingerprint density at radius 2 is 1.67 bits per heavy atom. The van der Waals surface area contributed by atoms with E-state index in [0.29, 0.717) is 28.3 Å². The molecular weight excluding hydrogens is 404 g/mol. The molecule has 1 aliphatic heterocycles. The molecule has 8 heteroatoms. The Bertz CT molecular complexity index is 1090. The highest BCUT2D eigenvalue weighted by Crippen LogP contribution is 2.28. The third-order valence-corrected chi connectivity index (χ3v) is 5.64. The summed E-state index contributed by atoms with van der Waals surface area (Å²) in [6.07, 6.45) is 0. The number of nitrogens with one attached hydrogen (secondary N) is 1. The van der Waals surface area contributed by atoms with Crippen molar-refractivity contribution in [2.75, 3.05) is 40.4 Å². The van der Waals surface area contributed by atoms with Gasteiger partial charge in [0.05, 0.1) is 31.7 Å². The fraction of sp³-hybridized carbons (Fsp3) is 0.364. The first-order chi connectivity index (χ1) is 14.6. The Morgan fingerprint density at radius 3 is 2.37 bits per heavy atom. The zero-order valence-corrected chi connectivity index (χ0v) is 17.9. The number of hydrogen-bond donors (Lipinski definition) is 1. The van der Waals surface area contributed by atoms with E-state index in [1.165, 1.54) is 5.56 Å². The van der Waals surface area contributed by atoms with Gasteiger partial charge in [-0.05, 0) is 35.9 Å². The first kappa shape index (κ1) is 20.7. The van der Waals surface area contributed by atoms with E-state index in [9.17, 15) is 4.79 Å². The maximum absolute atomic E-state index is 12.3. The van der Waals surface area contributed by atoms with Crippen LogP contribution in [0.3, 0.4) is 0 Å². The molecule has 0 saturated carbocycles. The van der Waals surface area contributed by atoms with Crippen LogP contribution in [0.5, 0.6) is 11.5 Å². The molecule has 3 aromatic rings. The third kappa shape index (κ3) is 4.59. The minimum atomic E-state index is -0.149. The van der Waals surface area contributed by atoms with E-state index in [1.807, 2.05) is 12.1 Å². The number of aromatic nitrogens is 2. The Kier molecular flexibility index (Phi) is 6.22. The topological polar surface area (TPSA) is 70.7 Å². The number of piperazine rings is 1. The summed E-state index contributed by atoms with van der Waals surface area (Å²) < 4.78 is 10.7. The molecule has 1 aromatic heterocycles. The summed E-state index contributed by atoms with van der Waals surface area (Å²) in [4.78, 5) is 24.6. The van der Waals surface area contributed by atoms with Crippen molar-refractivity contribution in [1.82, 2.24) is 19.8 Å². The molecule has 158 valence electrons. The first-order valence-electron chi connectivity index (χ1n) is 9.90. The largest absolute Gasteiger partial charge is 0.493 e. The Hall–Kier alpha value is -2.61. The molecule has 0 aliphatic carbocycles. The van der Waals surface area contributed by atoms with Gasteiger partial charge in [-0.15, -0.1) is 0 Å². The molecule has 7 nitrogen and oxygen atoms in total. The quantitative estimate of drug-likeness (QED) is 0.651. The molecule has 1 fully saturated rings. The smallest absolute Gasteiger partial charge is 0.258 e. The van der Waals surface area contributed by atoms with Crippen LogP contribution in [-0.4, -0.2) is 60.2 Å². The van der Waals surface area contributed by atoms with Crippen molar-refractivity contribution < 1.29 is 9.47 Å². The zero-order chi connectivity index (χ0) is 21.1. The molecule has 0 amide bonds. The minimum absolute atomic E-state index is 0.149. The predicted molar refractivity (Wildman–Crippen MR) is 117 cm³/mol. The monoisotopic (exact) mass is 428 g/mol. The number of rotatable bonds is 6. The van der Waals surface area contributed by atoms with E-state index >= 15 is 0 Å². The highest BCUT2D eigenvalue weighted by molar-refractivity contribution is 6.31. The van der Waals surface area contributed by atoms with Gasteiger partial charge in [0, 0.05) is 37.7 Å². The van der Waals surface area contributed by atoms with E-state index in [2.05, 4.69) is 25.8 Å². The molecule has 1 aliphatic rings. The Morgan fingerprint density at radius 1 is 0.967 bits per heavy atom. The summed E-state index contributed by atoms with van der Waals surface area (Å²) >= 11 is 5.98. The molecule has 1 saturated heterocycles. The summed E-state index contributed by atoms with van der Waals surface area (Å²) in [7, 11) is 3.30. The van der Waals surface area contributed by atoms with E-state index in [-0.39, 0.29) is 5.56 Å². The third-order valence-electron chi connectivity index (χ3n) is 5.41. The fourth-order valence-electron chi connectivity index (χ4n) is 3.79. The number of fused-ring (bicyclic) bond motifs is 1. The summed E-state index contributed by atoms with van der Waals surface area (Å²) in [5, 5.41) is 1.05. The van der Waals surface area contributed by atoms with Gasteiger partial charge in [-0.1, -0.05) is 17.7 Å². The van der Waals surface area contributed by atoms with Gasteiger partial charge in [0.15, 0.2) is 11.5 Å². The number of H-pyrrole nitrogens is 1. The Balaban J connectivity index is 1.36. The maximum atomic E-state index is 12.3. The van der Waals surface area contributed by atoms with Gasteiger partial charge in [0.1, 0.15) is 5.82 Å². The molecule has 30 heavy (non-hydrogen) atoms.